The van der Waals surface area contributed by atoms with E-state index in [-0.39, 0.29) is 29.8 Å². The molecule has 1 N–H and O–H groups in total. The quantitative estimate of drug-likeness (QED) is 0.874. The molecular formula is C23H30N2O3. The van der Waals surface area contributed by atoms with Gasteiger partial charge in [-0.1, -0.05) is 43.2 Å². The van der Waals surface area contributed by atoms with Crippen molar-refractivity contribution >= 4 is 11.8 Å². The van der Waals surface area contributed by atoms with Gasteiger partial charge in [0.05, 0.1) is 6.10 Å². The van der Waals surface area contributed by atoms with Gasteiger partial charge >= 0.3 is 0 Å². The van der Waals surface area contributed by atoms with Gasteiger partial charge in [-0.15, -0.1) is 0 Å². The molecule has 0 spiro atoms. The summed E-state index contributed by atoms with van der Waals surface area (Å²) in [7, 11) is 0. The zero-order chi connectivity index (χ0) is 19.3. The van der Waals surface area contributed by atoms with Crippen LogP contribution in [0.25, 0.3) is 0 Å². The summed E-state index contributed by atoms with van der Waals surface area (Å²) in [6.45, 7) is 1.03. The largest absolute Gasteiger partial charge is 0.391 e. The highest BCUT2D eigenvalue weighted by atomic mass is 16.3. The summed E-state index contributed by atoms with van der Waals surface area (Å²) in [6.07, 6.45) is 6.48. The molecule has 2 aliphatic carbocycles. The normalized spacial score (nSPS) is 37.0. The van der Waals surface area contributed by atoms with E-state index in [1.54, 1.807) is 4.90 Å². The molecule has 150 valence electrons. The predicted molar refractivity (Wildman–Crippen MR) is 105 cm³/mol. The van der Waals surface area contributed by atoms with Crippen LogP contribution < -0.4 is 0 Å². The van der Waals surface area contributed by atoms with Gasteiger partial charge < -0.3 is 14.9 Å². The molecule has 0 bridgehead atoms. The molecule has 1 aromatic carbocycles. The van der Waals surface area contributed by atoms with Crippen molar-refractivity contribution < 1.29 is 14.7 Å². The molecule has 28 heavy (non-hydrogen) atoms. The van der Waals surface area contributed by atoms with E-state index >= 15 is 0 Å². The van der Waals surface area contributed by atoms with Gasteiger partial charge in [-0.25, -0.2) is 0 Å². The smallest absolute Gasteiger partial charge is 0.245 e. The fourth-order valence-electron chi connectivity index (χ4n) is 5.88. The van der Waals surface area contributed by atoms with E-state index < -0.39 is 6.10 Å². The van der Waals surface area contributed by atoms with E-state index in [0.717, 1.165) is 32.1 Å². The van der Waals surface area contributed by atoms with E-state index in [1.807, 2.05) is 23.1 Å². The van der Waals surface area contributed by atoms with Crippen LogP contribution in [0, 0.1) is 11.8 Å². The predicted octanol–water partition coefficient (Wildman–Crippen LogP) is 2.54. The van der Waals surface area contributed by atoms with Crippen molar-refractivity contribution in [3.8, 4) is 0 Å². The Morgan fingerprint density at radius 3 is 2.50 bits per heavy atom. The van der Waals surface area contributed by atoms with Gasteiger partial charge in [0.15, 0.2) is 0 Å². The lowest BCUT2D eigenvalue weighted by Gasteiger charge is -2.35. The summed E-state index contributed by atoms with van der Waals surface area (Å²) in [4.78, 5) is 30.6. The molecule has 0 radical (unpaired) electrons. The Morgan fingerprint density at radius 1 is 0.964 bits per heavy atom. The Balaban J connectivity index is 1.36. The van der Waals surface area contributed by atoms with Crippen molar-refractivity contribution in [3.63, 3.8) is 0 Å². The van der Waals surface area contributed by atoms with Crippen molar-refractivity contribution in [2.45, 2.75) is 69.1 Å². The molecular weight excluding hydrogens is 352 g/mol. The van der Waals surface area contributed by atoms with E-state index in [9.17, 15) is 14.7 Å². The Kier molecular flexibility index (Phi) is 4.66. The minimum absolute atomic E-state index is 0.0301. The third-order valence-electron chi connectivity index (χ3n) is 7.44. The maximum absolute atomic E-state index is 13.5. The lowest BCUT2D eigenvalue weighted by Crippen LogP contribution is -2.51. The van der Waals surface area contributed by atoms with Crippen LogP contribution in [-0.4, -0.2) is 58.0 Å². The number of aliphatic hydroxyl groups is 1. The second-order valence-electron chi connectivity index (χ2n) is 9.20. The van der Waals surface area contributed by atoms with Crippen LogP contribution in [0.1, 0.15) is 56.4 Å². The fraction of sp³-hybridized carbons (Fsp3) is 0.652. The van der Waals surface area contributed by atoms with Crippen molar-refractivity contribution in [1.29, 1.82) is 0 Å². The third-order valence-corrected chi connectivity index (χ3v) is 7.44. The molecule has 1 aromatic rings. The molecule has 6 atom stereocenters. The molecule has 2 saturated heterocycles. The summed E-state index contributed by atoms with van der Waals surface area (Å²) in [5, 5.41) is 9.86. The zero-order valence-corrected chi connectivity index (χ0v) is 16.4. The van der Waals surface area contributed by atoms with Crippen molar-refractivity contribution in [1.82, 2.24) is 9.80 Å². The lowest BCUT2D eigenvalue weighted by atomic mass is 9.84. The number of hydrogen-bond acceptors (Lipinski definition) is 3. The SMILES string of the molecule is O=C([C@@H]1C[C@@H]2CCCC[C@@H]2N1C(=O)[C@@H]1C[C@@H]1c1ccccc1)N1CCC(O)C1. The number of carbonyl (C=O) groups is 2. The van der Waals surface area contributed by atoms with Crippen LogP contribution in [0.15, 0.2) is 30.3 Å². The van der Waals surface area contributed by atoms with Gasteiger partial charge in [0, 0.05) is 25.0 Å². The number of β-amino-alcohol motifs (C(OH)–C–C–N with tert-alkyl or cyclic N) is 1. The average Bonchev–Trinajstić information content (AvgIpc) is 3.26. The highest BCUT2D eigenvalue weighted by Gasteiger charge is 2.54. The maximum atomic E-state index is 13.5. The van der Waals surface area contributed by atoms with E-state index in [1.165, 1.54) is 12.0 Å². The van der Waals surface area contributed by atoms with Crippen molar-refractivity contribution in [2.24, 2.45) is 11.8 Å². The first-order chi connectivity index (χ1) is 13.6. The van der Waals surface area contributed by atoms with Crippen LogP contribution in [-0.2, 0) is 9.59 Å². The second-order valence-corrected chi connectivity index (χ2v) is 9.20. The minimum atomic E-state index is -0.414. The van der Waals surface area contributed by atoms with Gasteiger partial charge in [-0.3, -0.25) is 9.59 Å². The summed E-state index contributed by atoms with van der Waals surface area (Å²) in [5.74, 6) is 1.06. The Labute approximate surface area is 166 Å². The second kappa shape index (κ2) is 7.18. The van der Waals surface area contributed by atoms with Crippen LogP contribution in [0.4, 0.5) is 0 Å². The Hall–Kier alpha value is -1.88. The summed E-state index contributed by atoms with van der Waals surface area (Å²) >= 11 is 0. The Morgan fingerprint density at radius 2 is 1.75 bits per heavy atom. The van der Waals surface area contributed by atoms with Gasteiger partial charge in [0.25, 0.3) is 0 Å². The molecule has 4 aliphatic rings. The topological polar surface area (TPSA) is 60.9 Å². The highest BCUT2D eigenvalue weighted by molar-refractivity contribution is 5.91. The first kappa shape index (κ1) is 18.2. The first-order valence-electron chi connectivity index (χ1n) is 11.0. The molecule has 2 heterocycles. The van der Waals surface area contributed by atoms with Crippen LogP contribution in [0.2, 0.25) is 0 Å². The van der Waals surface area contributed by atoms with Crippen LogP contribution in [0.5, 0.6) is 0 Å². The summed E-state index contributed by atoms with van der Waals surface area (Å²) in [5.41, 5.74) is 1.24. The van der Waals surface area contributed by atoms with Crippen LogP contribution in [0.3, 0.4) is 0 Å². The molecule has 0 aromatic heterocycles. The summed E-state index contributed by atoms with van der Waals surface area (Å²) in [6, 6.07) is 10.2. The number of likely N-dealkylation sites (tertiary alicyclic amines) is 2. The number of amides is 2. The number of benzene rings is 1. The molecule has 5 nitrogen and oxygen atoms in total. The highest BCUT2D eigenvalue weighted by Crippen LogP contribution is 2.51. The van der Waals surface area contributed by atoms with Crippen LogP contribution >= 0.6 is 0 Å². The number of hydrogen-bond donors (Lipinski definition) is 1. The minimum Gasteiger partial charge on any atom is -0.391 e. The van der Waals surface area contributed by atoms with Gasteiger partial charge in [-0.2, -0.15) is 0 Å². The maximum Gasteiger partial charge on any atom is 0.245 e. The zero-order valence-electron chi connectivity index (χ0n) is 16.4. The Bertz CT molecular complexity index is 751. The van der Waals surface area contributed by atoms with Gasteiger partial charge in [-0.05, 0) is 49.5 Å². The number of rotatable bonds is 3. The number of aliphatic hydroxyl groups excluding tert-OH is 1. The van der Waals surface area contributed by atoms with Crippen molar-refractivity contribution in [3.05, 3.63) is 35.9 Å². The molecule has 2 saturated carbocycles. The number of carbonyl (C=O) groups excluding carboxylic acids is 2. The first-order valence-corrected chi connectivity index (χ1v) is 11.0. The van der Waals surface area contributed by atoms with E-state index in [2.05, 4.69) is 12.1 Å². The summed E-state index contributed by atoms with van der Waals surface area (Å²) < 4.78 is 0. The lowest BCUT2D eigenvalue weighted by molar-refractivity contribution is -0.146. The standard InChI is InChI=1S/C23H30N2O3/c26-17-10-11-24(14-17)23(28)21-12-16-8-4-5-9-20(16)25(21)22(27)19-13-18(19)15-6-2-1-3-7-15/h1-3,6-7,16-21,26H,4-5,8-14H2/t16-,17?,18+,19+,20-,21-/m0/s1. The number of fused-ring (bicyclic) bond motifs is 1. The van der Waals surface area contributed by atoms with Gasteiger partial charge in [0.1, 0.15) is 6.04 Å². The van der Waals surface area contributed by atoms with E-state index in [0.29, 0.717) is 31.3 Å². The molecule has 5 heteroatoms. The molecule has 4 fully saturated rings. The van der Waals surface area contributed by atoms with E-state index in [4.69, 9.17) is 0 Å². The molecule has 2 aliphatic heterocycles. The monoisotopic (exact) mass is 382 g/mol. The molecule has 5 rings (SSSR count). The van der Waals surface area contributed by atoms with Gasteiger partial charge in [0.2, 0.25) is 11.8 Å². The van der Waals surface area contributed by atoms with Crippen molar-refractivity contribution in [2.75, 3.05) is 13.1 Å². The number of nitrogens with zero attached hydrogens (tertiary/aromatic N) is 2. The third kappa shape index (κ3) is 3.14. The average molecular weight is 383 g/mol. The molecule has 2 amide bonds. The molecule has 1 unspecified atom stereocenters. The fourth-order valence-corrected chi connectivity index (χ4v) is 5.88.